The zero-order valence-corrected chi connectivity index (χ0v) is 9.88. The van der Waals surface area contributed by atoms with Crippen molar-refractivity contribution in [2.24, 2.45) is 5.92 Å². The molecule has 2 heteroatoms. The minimum atomic E-state index is 0.385. The molecule has 0 aliphatic heterocycles. The molecule has 0 aromatic carbocycles. The van der Waals surface area contributed by atoms with Crippen LogP contribution in [-0.4, -0.2) is 25.3 Å². The quantitative estimate of drug-likeness (QED) is 0.636. The van der Waals surface area contributed by atoms with Crippen LogP contribution in [0.3, 0.4) is 0 Å². The highest BCUT2D eigenvalue weighted by molar-refractivity contribution is 4.81. The zero-order chi connectivity index (χ0) is 10.4. The summed E-state index contributed by atoms with van der Waals surface area (Å²) in [7, 11) is 0. The van der Waals surface area contributed by atoms with Crippen molar-refractivity contribution in [1.82, 2.24) is 5.32 Å². The van der Waals surface area contributed by atoms with Crippen LogP contribution in [0, 0.1) is 5.92 Å². The van der Waals surface area contributed by atoms with Gasteiger partial charge in [-0.15, -0.1) is 0 Å². The molecule has 0 heterocycles. The summed E-state index contributed by atoms with van der Waals surface area (Å²) in [5, 5.41) is 3.58. The molecule has 0 bridgehead atoms. The van der Waals surface area contributed by atoms with Gasteiger partial charge in [-0.05, 0) is 52.0 Å². The van der Waals surface area contributed by atoms with Crippen molar-refractivity contribution < 1.29 is 4.74 Å². The second-order valence-corrected chi connectivity index (χ2v) is 4.85. The number of rotatable bonds is 7. The van der Waals surface area contributed by atoms with Gasteiger partial charge in [0.1, 0.15) is 0 Å². The Kier molecular flexibility index (Phi) is 5.49. The fourth-order valence-corrected chi connectivity index (χ4v) is 1.92. The Morgan fingerprint density at radius 3 is 2.57 bits per heavy atom. The average molecular weight is 199 g/mol. The molecule has 1 fully saturated rings. The standard InChI is InChI=1S/C12H25NO/c1-10(2)14-7-5-4-6-13-12-8-11(3)9-12/h10-13H,4-9H2,1-3H3. The molecule has 1 rings (SSSR count). The van der Waals surface area contributed by atoms with Gasteiger partial charge in [-0.2, -0.15) is 0 Å². The molecule has 2 nitrogen and oxygen atoms in total. The van der Waals surface area contributed by atoms with Crippen LogP contribution in [0.5, 0.6) is 0 Å². The fraction of sp³-hybridized carbons (Fsp3) is 1.00. The van der Waals surface area contributed by atoms with Gasteiger partial charge in [0, 0.05) is 12.6 Å². The van der Waals surface area contributed by atoms with Crippen molar-refractivity contribution in [2.45, 2.75) is 58.6 Å². The van der Waals surface area contributed by atoms with Crippen molar-refractivity contribution in [1.29, 1.82) is 0 Å². The normalized spacial score (nSPS) is 26.6. The smallest absolute Gasteiger partial charge is 0.0518 e. The molecule has 0 aromatic heterocycles. The van der Waals surface area contributed by atoms with E-state index in [0.717, 1.165) is 18.6 Å². The van der Waals surface area contributed by atoms with Crippen molar-refractivity contribution in [3.63, 3.8) is 0 Å². The average Bonchev–Trinajstić information content (AvgIpc) is 2.07. The summed E-state index contributed by atoms with van der Waals surface area (Å²) in [6.45, 7) is 8.59. The summed E-state index contributed by atoms with van der Waals surface area (Å²) in [6, 6.07) is 0.816. The lowest BCUT2D eigenvalue weighted by molar-refractivity contribution is 0.0756. The maximum absolute atomic E-state index is 5.48. The second-order valence-electron chi connectivity index (χ2n) is 4.85. The topological polar surface area (TPSA) is 21.3 Å². The highest BCUT2D eigenvalue weighted by atomic mass is 16.5. The Labute approximate surface area is 88.4 Å². The Balaban J connectivity index is 1.76. The Hall–Kier alpha value is -0.0800. The highest BCUT2D eigenvalue weighted by Gasteiger charge is 2.23. The maximum atomic E-state index is 5.48. The zero-order valence-electron chi connectivity index (χ0n) is 9.88. The van der Waals surface area contributed by atoms with Gasteiger partial charge in [0.15, 0.2) is 0 Å². The summed E-state index contributed by atoms with van der Waals surface area (Å²) < 4.78 is 5.48. The summed E-state index contributed by atoms with van der Waals surface area (Å²) in [6.07, 6.45) is 5.58. The van der Waals surface area contributed by atoms with E-state index in [9.17, 15) is 0 Å². The summed E-state index contributed by atoms with van der Waals surface area (Å²) in [4.78, 5) is 0. The summed E-state index contributed by atoms with van der Waals surface area (Å²) in [5.41, 5.74) is 0. The lowest BCUT2D eigenvalue weighted by Crippen LogP contribution is -2.40. The van der Waals surface area contributed by atoms with Crippen molar-refractivity contribution in [3.05, 3.63) is 0 Å². The lowest BCUT2D eigenvalue weighted by atomic mass is 9.82. The van der Waals surface area contributed by atoms with Crippen LogP contribution in [0.4, 0.5) is 0 Å². The minimum absolute atomic E-state index is 0.385. The van der Waals surface area contributed by atoms with Crippen LogP contribution in [-0.2, 0) is 4.74 Å². The number of nitrogens with one attached hydrogen (secondary N) is 1. The molecule has 0 unspecified atom stereocenters. The van der Waals surface area contributed by atoms with E-state index in [1.807, 2.05) is 0 Å². The molecule has 84 valence electrons. The monoisotopic (exact) mass is 199 g/mol. The van der Waals surface area contributed by atoms with Crippen molar-refractivity contribution in [2.75, 3.05) is 13.2 Å². The fourth-order valence-electron chi connectivity index (χ4n) is 1.92. The molecular weight excluding hydrogens is 174 g/mol. The van der Waals surface area contributed by atoms with Crippen LogP contribution in [0.1, 0.15) is 46.5 Å². The number of unbranched alkanes of at least 4 members (excludes halogenated alkanes) is 1. The van der Waals surface area contributed by atoms with E-state index < -0.39 is 0 Å². The number of ether oxygens (including phenoxy) is 1. The Morgan fingerprint density at radius 1 is 1.29 bits per heavy atom. The van der Waals surface area contributed by atoms with Crippen LogP contribution in [0.25, 0.3) is 0 Å². The van der Waals surface area contributed by atoms with E-state index in [-0.39, 0.29) is 0 Å². The van der Waals surface area contributed by atoms with E-state index >= 15 is 0 Å². The molecule has 0 aromatic rings. The molecule has 0 saturated heterocycles. The predicted octanol–water partition coefficient (Wildman–Crippen LogP) is 2.58. The molecule has 0 atom stereocenters. The first-order valence-corrected chi connectivity index (χ1v) is 6.03. The maximum Gasteiger partial charge on any atom is 0.0518 e. The third-order valence-electron chi connectivity index (χ3n) is 2.83. The summed E-state index contributed by atoms with van der Waals surface area (Å²) >= 11 is 0. The second kappa shape index (κ2) is 6.41. The van der Waals surface area contributed by atoms with Gasteiger partial charge in [-0.25, -0.2) is 0 Å². The SMILES string of the molecule is CC1CC(NCCCCOC(C)C)C1. The first-order valence-electron chi connectivity index (χ1n) is 6.03. The van der Waals surface area contributed by atoms with Crippen molar-refractivity contribution in [3.8, 4) is 0 Å². The van der Waals surface area contributed by atoms with Crippen molar-refractivity contribution >= 4 is 0 Å². The first-order chi connectivity index (χ1) is 6.68. The predicted molar refractivity (Wildman–Crippen MR) is 60.5 cm³/mol. The van der Waals surface area contributed by atoms with Gasteiger partial charge < -0.3 is 10.1 Å². The Morgan fingerprint density at radius 2 is 2.00 bits per heavy atom. The molecule has 1 N–H and O–H groups in total. The summed E-state index contributed by atoms with van der Waals surface area (Å²) in [5.74, 6) is 0.955. The molecule has 14 heavy (non-hydrogen) atoms. The molecule has 1 saturated carbocycles. The highest BCUT2D eigenvalue weighted by Crippen LogP contribution is 2.25. The molecule has 1 aliphatic rings. The van der Waals surface area contributed by atoms with E-state index in [4.69, 9.17) is 4.74 Å². The molecule has 1 aliphatic carbocycles. The van der Waals surface area contributed by atoms with Gasteiger partial charge >= 0.3 is 0 Å². The van der Waals surface area contributed by atoms with E-state index in [0.29, 0.717) is 6.10 Å². The van der Waals surface area contributed by atoms with Gasteiger partial charge in [0.05, 0.1) is 6.10 Å². The molecule has 0 amide bonds. The van der Waals surface area contributed by atoms with E-state index in [1.54, 1.807) is 0 Å². The van der Waals surface area contributed by atoms with Gasteiger partial charge in [-0.1, -0.05) is 6.92 Å². The third-order valence-corrected chi connectivity index (χ3v) is 2.83. The first kappa shape index (κ1) is 12.0. The van der Waals surface area contributed by atoms with Gasteiger partial charge in [-0.3, -0.25) is 0 Å². The van der Waals surface area contributed by atoms with Gasteiger partial charge in [0.2, 0.25) is 0 Å². The third kappa shape index (κ3) is 4.97. The molecule has 0 spiro atoms. The minimum Gasteiger partial charge on any atom is -0.379 e. The van der Waals surface area contributed by atoms with Gasteiger partial charge in [0.25, 0.3) is 0 Å². The van der Waals surface area contributed by atoms with Crippen LogP contribution in [0.15, 0.2) is 0 Å². The lowest BCUT2D eigenvalue weighted by Gasteiger charge is -2.33. The Bertz CT molecular complexity index is 141. The number of hydrogen-bond donors (Lipinski definition) is 1. The molecular formula is C12H25NO. The van der Waals surface area contributed by atoms with E-state index in [1.165, 1.54) is 32.2 Å². The van der Waals surface area contributed by atoms with Crippen LogP contribution in [0.2, 0.25) is 0 Å². The largest absolute Gasteiger partial charge is 0.379 e. The van der Waals surface area contributed by atoms with E-state index in [2.05, 4.69) is 26.1 Å². The van der Waals surface area contributed by atoms with Crippen LogP contribution < -0.4 is 5.32 Å². The van der Waals surface area contributed by atoms with Crippen LogP contribution >= 0.6 is 0 Å². The number of hydrogen-bond acceptors (Lipinski definition) is 2. The molecule has 0 radical (unpaired) electrons.